The molecule has 1 atom stereocenters. The van der Waals surface area contributed by atoms with Crippen LogP contribution in [-0.4, -0.2) is 25.1 Å². The monoisotopic (exact) mass is 277 g/mol. The maximum atomic E-state index is 11.9. The number of carbonyl (C=O) groups is 2. The third kappa shape index (κ3) is 4.76. The van der Waals surface area contributed by atoms with Crippen LogP contribution in [0.1, 0.15) is 20.8 Å². The molecule has 0 aromatic heterocycles. The van der Waals surface area contributed by atoms with Gasteiger partial charge in [-0.15, -0.1) is 0 Å². The van der Waals surface area contributed by atoms with Crippen LogP contribution in [-0.2, 0) is 14.3 Å². The molecule has 0 saturated carbocycles. The van der Waals surface area contributed by atoms with Gasteiger partial charge in [-0.2, -0.15) is 0 Å². The number of anilines is 1. The van der Waals surface area contributed by atoms with Gasteiger partial charge in [0.05, 0.1) is 12.8 Å². The first-order valence-electron chi connectivity index (χ1n) is 6.23. The average Bonchev–Trinajstić information content (AvgIpc) is 2.38. The van der Waals surface area contributed by atoms with Gasteiger partial charge in [-0.1, -0.05) is 17.7 Å². The molecule has 1 aromatic carbocycles. The first kappa shape index (κ1) is 15.8. The van der Waals surface area contributed by atoms with Crippen molar-refractivity contribution in [1.82, 2.24) is 0 Å². The lowest BCUT2D eigenvalue weighted by Gasteiger charge is -2.14. The molecule has 0 aliphatic heterocycles. The number of rotatable bonds is 5. The molecule has 0 saturated heterocycles. The fourth-order valence-electron chi connectivity index (χ4n) is 1.48. The highest BCUT2D eigenvalue weighted by atomic mass is 16.5. The van der Waals surface area contributed by atoms with Gasteiger partial charge in [0.25, 0.3) is 5.91 Å². The number of benzene rings is 1. The van der Waals surface area contributed by atoms with Gasteiger partial charge < -0.3 is 14.8 Å². The number of methoxy groups -OCH3 is 1. The second kappa shape index (κ2) is 7.33. The standard InChI is InChI=1S/C15H19NO4/c1-10(2)9-14(17)20-11(3)15(18)16-12-7-5-6-8-13(12)19-4/h5-9,11H,1-4H3,(H,16,18). The SMILES string of the molecule is COc1ccccc1NC(=O)C(C)OC(=O)C=C(C)C. The highest BCUT2D eigenvalue weighted by Gasteiger charge is 2.18. The van der Waals surface area contributed by atoms with E-state index in [2.05, 4.69) is 5.32 Å². The summed E-state index contributed by atoms with van der Waals surface area (Å²) in [5.74, 6) is -0.402. The molecule has 0 aliphatic carbocycles. The Morgan fingerprint density at radius 3 is 2.50 bits per heavy atom. The molecule has 20 heavy (non-hydrogen) atoms. The number of hydrogen-bond acceptors (Lipinski definition) is 4. The van der Waals surface area contributed by atoms with E-state index >= 15 is 0 Å². The molecular weight excluding hydrogens is 258 g/mol. The van der Waals surface area contributed by atoms with Crippen molar-refractivity contribution in [1.29, 1.82) is 0 Å². The molecule has 1 unspecified atom stereocenters. The van der Waals surface area contributed by atoms with E-state index < -0.39 is 18.0 Å². The number of amides is 1. The van der Waals surface area contributed by atoms with Gasteiger partial charge in [-0.3, -0.25) is 4.79 Å². The lowest BCUT2D eigenvalue weighted by Crippen LogP contribution is -2.29. The highest BCUT2D eigenvalue weighted by molar-refractivity contribution is 5.97. The molecule has 1 amide bonds. The smallest absolute Gasteiger partial charge is 0.331 e. The van der Waals surface area contributed by atoms with E-state index in [0.717, 1.165) is 5.57 Å². The molecule has 0 fully saturated rings. The van der Waals surface area contributed by atoms with Crippen LogP contribution in [0, 0.1) is 0 Å². The Labute approximate surface area is 118 Å². The van der Waals surface area contributed by atoms with E-state index in [4.69, 9.17) is 9.47 Å². The van der Waals surface area contributed by atoms with Gasteiger partial charge in [0.15, 0.2) is 6.10 Å². The summed E-state index contributed by atoms with van der Waals surface area (Å²) in [6.45, 7) is 5.07. The van der Waals surface area contributed by atoms with Gasteiger partial charge in [0.1, 0.15) is 5.75 Å². The molecular formula is C15H19NO4. The first-order chi connectivity index (χ1) is 9.43. The molecule has 0 radical (unpaired) electrons. The predicted molar refractivity (Wildman–Crippen MR) is 76.6 cm³/mol. The van der Waals surface area contributed by atoms with Gasteiger partial charge in [-0.25, -0.2) is 4.79 Å². The van der Waals surface area contributed by atoms with E-state index in [-0.39, 0.29) is 0 Å². The number of carbonyl (C=O) groups excluding carboxylic acids is 2. The van der Waals surface area contributed by atoms with Crippen LogP contribution in [0.3, 0.4) is 0 Å². The molecule has 0 heterocycles. The summed E-state index contributed by atoms with van der Waals surface area (Å²) in [6.07, 6.45) is 0.454. The topological polar surface area (TPSA) is 64.6 Å². The Balaban J connectivity index is 2.66. The second-order valence-electron chi connectivity index (χ2n) is 4.49. The average molecular weight is 277 g/mol. The molecule has 1 N–H and O–H groups in total. The predicted octanol–water partition coefficient (Wildman–Crippen LogP) is 2.53. The van der Waals surface area contributed by atoms with E-state index in [1.807, 2.05) is 0 Å². The van der Waals surface area contributed by atoms with E-state index in [0.29, 0.717) is 11.4 Å². The van der Waals surface area contributed by atoms with Crippen molar-refractivity contribution in [2.45, 2.75) is 26.9 Å². The van der Waals surface area contributed by atoms with Gasteiger partial charge in [-0.05, 0) is 32.9 Å². The molecule has 5 heteroatoms. The Morgan fingerprint density at radius 2 is 1.90 bits per heavy atom. The Hall–Kier alpha value is -2.30. The normalized spacial score (nSPS) is 11.2. The van der Waals surface area contributed by atoms with E-state index in [1.54, 1.807) is 38.1 Å². The molecule has 0 bridgehead atoms. The van der Waals surface area contributed by atoms with Crippen molar-refractivity contribution in [3.05, 3.63) is 35.9 Å². The quantitative estimate of drug-likeness (QED) is 0.663. The number of allylic oxidation sites excluding steroid dienone is 1. The summed E-state index contributed by atoms with van der Waals surface area (Å²) in [5, 5.41) is 2.66. The van der Waals surface area contributed by atoms with Crippen LogP contribution < -0.4 is 10.1 Å². The minimum absolute atomic E-state index is 0.412. The van der Waals surface area contributed by atoms with Crippen molar-refractivity contribution in [3.63, 3.8) is 0 Å². The summed E-state index contributed by atoms with van der Waals surface area (Å²) in [4.78, 5) is 23.4. The van der Waals surface area contributed by atoms with Crippen molar-refractivity contribution < 1.29 is 19.1 Å². The Bertz CT molecular complexity index is 518. The van der Waals surface area contributed by atoms with Crippen LogP contribution in [0.25, 0.3) is 0 Å². The van der Waals surface area contributed by atoms with Gasteiger partial charge in [0.2, 0.25) is 0 Å². The van der Waals surface area contributed by atoms with E-state index in [9.17, 15) is 9.59 Å². The van der Waals surface area contributed by atoms with Gasteiger partial charge >= 0.3 is 5.97 Å². The highest BCUT2D eigenvalue weighted by Crippen LogP contribution is 2.23. The lowest BCUT2D eigenvalue weighted by atomic mass is 10.2. The number of hydrogen-bond donors (Lipinski definition) is 1. The van der Waals surface area contributed by atoms with Crippen LogP contribution in [0.2, 0.25) is 0 Å². The van der Waals surface area contributed by atoms with Crippen molar-refractivity contribution in [2.75, 3.05) is 12.4 Å². The summed E-state index contributed by atoms with van der Waals surface area (Å²) in [7, 11) is 1.52. The second-order valence-corrected chi connectivity index (χ2v) is 4.49. The minimum atomic E-state index is -0.886. The van der Waals surface area contributed by atoms with Crippen LogP contribution in [0.5, 0.6) is 5.75 Å². The summed E-state index contributed by atoms with van der Waals surface area (Å²) < 4.78 is 10.1. The summed E-state index contributed by atoms with van der Waals surface area (Å²) in [6, 6.07) is 7.02. The van der Waals surface area contributed by atoms with Crippen molar-refractivity contribution >= 4 is 17.6 Å². The third-order valence-corrected chi connectivity index (χ3v) is 2.43. The number of ether oxygens (including phenoxy) is 2. The lowest BCUT2D eigenvalue weighted by molar-refractivity contribution is -0.148. The maximum absolute atomic E-state index is 11.9. The number of para-hydroxylation sites is 2. The molecule has 1 rings (SSSR count). The van der Waals surface area contributed by atoms with E-state index in [1.165, 1.54) is 20.1 Å². The Morgan fingerprint density at radius 1 is 1.25 bits per heavy atom. The van der Waals surface area contributed by atoms with Crippen LogP contribution in [0.15, 0.2) is 35.9 Å². The van der Waals surface area contributed by atoms with Crippen molar-refractivity contribution in [3.8, 4) is 5.75 Å². The molecule has 0 spiro atoms. The summed E-state index contributed by atoms with van der Waals surface area (Å²) in [5.41, 5.74) is 1.34. The first-order valence-corrected chi connectivity index (χ1v) is 6.23. The number of esters is 1. The fraction of sp³-hybridized carbons (Fsp3) is 0.333. The van der Waals surface area contributed by atoms with Gasteiger partial charge in [0, 0.05) is 6.08 Å². The van der Waals surface area contributed by atoms with Crippen molar-refractivity contribution in [2.24, 2.45) is 0 Å². The summed E-state index contributed by atoms with van der Waals surface area (Å²) >= 11 is 0. The molecule has 108 valence electrons. The van der Waals surface area contributed by atoms with Crippen LogP contribution >= 0.6 is 0 Å². The van der Waals surface area contributed by atoms with Crippen LogP contribution in [0.4, 0.5) is 5.69 Å². The minimum Gasteiger partial charge on any atom is -0.495 e. The third-order valence-electron chi connectivity index (χ3n) is 2.43. The largest absolute Gasteiger partial charge is 0.495 e. The molecule has 5 nitrogen and oxygen atoms in total. The zero-order chi connectivity index (χ0) is 15.1. The molecule has 1 aromatic rings. The molecule has 0 aliphatic rings. The maximum Gasteiger partial charge on any atom is 0.331 e. The zero-order valence-electron chi connectivity index (χ0n) is 12.1. The zero-order valence-corrected chi connectivity index (χ0v) is 12.1. The fourth-order valence-corrected chi connectivity index (χ4v) is 1.48. The number of nitrogens with one attached hydrogen (secondary N) is 1. The Kier molecular flexibility index (Phi) is 5.77.